The second kappa shape index (κ2) is 12.3. The zero-order chi connectivity index (χ0) is 26.5. The first-order valence-corrected chi connectivity index (χ1v) is 14.4. The Morgan fingerprint density at radius 1 is 1.31 bits per heavy atom. The van der Waals surface area contributed by atoms with Gasteiger partial charge in [0.15, 0.2) is 0 Å². The summed E-state index contributed by atoms with van der Waals surface area (Å²) in [6.45, 7) is 6.03. The van der Waals surface area contributed by atoms with Gasteiger partial charge in [0.05, 0.1) is 28.1 Å². The normalized spacial score (nSPS) is 16.9. The highest BCUT2D eigenvalue weighted by molar-refractivity contribution is 9.10. The first kappa shape index (κ1) is 28.3. The molecule has 1 heterocycles. The average Bonchev–Trinajstić information content (AvgIpc) is 3.34. The Labute approximate surface area is 228 Å². The highest BCUT2D eigenvalue weighted by Gasteiger charge is 2.44. The third kappa shape index (κ3) is 6.72. The van der Waals surface area contributed by atoms with E-state index in [0.717, 1.165) is 10.4 Å². The summed E-state index contributed by atoms with van der Waals surface area (Å²) in [7, 11) is 1.55. The first-order chi connectivity index (χ1) is 17.0. The molecule has 0 radical (unpaired) electrons. The van der Waals surface area contributed by atoms with E-state index >= 15 is 0 Å². The van der Waals surface area contributed by atoms with Gasteiger partial charge in [0, 0.05) is 23.8 Å². The summed E-state index contributed by atoms with van der Waals surface area (Å²) in [4.78, 5) is 41.8. The molecule has 1 amide bonds. The predicted molar refractivity (Wildman–Crippen MR) is 148 cm³/mol. The second-order valence-corrected chi connectivity index (χ2v) is 12.4. The smallest absolute Gasteiger partial charge is 0.311 e. The Hall–Kier alpha value is -2.28. The van der Waals surface area contributed by atoms with Crippen LogP contribution in [0, 0.1) is 17.8 Å². The molecule has 36 heavy (non-hydrogen) atoms. The molecule has 1 aromatic carbocycles. The number of carboxylic acid groups (broad SMARTS) is 1. The molecule has 3 rings (SSSR count). The number of fused-ring (bicyclic) bond motifs is 1. The lowest BCUT2D eigenvalue weighted by Crippen LogP contribution is -2.52. The molecule has 192 valence electrons. The number of carboxylic acids is 1. The lowest BCUT2D eigenvalue weighted by atomic mass is 9.72. The maximum Gasteiger partial charge on any atom is 0.311 e. The van der Waals surface area contributed by atoms with Gasteiger partial charge >= 0.3 is 5.97 Å². The van der Waals surface area contributed by atoms with E-state index in [9.17, 15) is 19.5 Å². The van der Waals surface area contributed by atoms with Crippen molar-refractivity contribution in [2.45, 2.75) is 45.1 Å². The quantitative estimate of drug-likeness (QED) is 0.257. The number of hydrogen-bond acceptors (Lipinski definition) is 6. The van der Waals surface area contributed by atoms with E-state index in [1.807, 2.05) is 38.3 Å². The third-order valence-corrected chi connectivity index (χ3v) is 8.34. The van der Waals surface area contributed by atoms with Crippen molar-refractivity contribution in [2.75, 3.05) is 25.2 Å². The monoisotopic (exact) mass is 591 g/mol. The number of ether oxygens (including phenoxy) is 1. The van der Waals surface area contributed by atoms with Gasteiger partial charge in [-0.1, -0.05) is 17.9 Å². The van der Waals surface area contributed by atoms with Crippen LogP contribution in [0.15, 0.2) is 34.1 Å². The van der Waals surface area contributed by atoms with Gasteiger partial charge in [-0.25, -0.2) is 0 Å². The SMILES string of the molecule is COc1cc2c(cc1Br)C(C(=O)O)C(C(=O)C(=O)N(CCSCC#Cc1cccs1)C(C)(C)C)CC2. The van der Waals surface area contributed by atoms with E-state index in [2.05, 4.69) is 27.8 Å². The Morgan fingerprint density at radius 2 is 2.06 bits per heavy atom. The molecular weight excluding hydrogens is 562 g/mol. The van der Waals surface area contributed by atoms with Crippen molar-refractivity contribution in [1.82, 2.24) is 4.90 Å². The van der Waals surface area contributed by atoms with E-state index < -0.39 is 35.0 Å². The molecule has 0 saturated carbocycles. The number of thiophene rings is 1. The summed E-state index contributed by atoms with van der Waals surface area (Å²) in [5, 5.41) is 12.0. The number of nitrogens with zero attached hydrogens (tertiary/aromatic N) is 1. The Balaban J connectivity index is 1.73. The Kier molecular flexibility index (Phi) is 9.67. The standard InChI is InChI=1S/C27H30BrNO5S2/c1-27(2,3)29(11-14-35-12-5-7-18-8-6-13-36-18)25(31)24(30)19-10-9-17-15-22(34-4)21(28)16-20(17)23(19)26(32)33/h6,8,13,15-16,19,23H,9-12,14H2,1-4H3,(H,32,33). The van der Waals surface area contributed by atoms with Crippen molar-refractivity contribution >= 4 is 56.7 Å². The molecule has 2 atom stereocenters. The van der Waals surface area contributed by atoms with Crippen LogP contribution in [0.2, 0.25) is 0 Å². The lowest BCUT2D eigenvalue weighted by molar-refractivity contribution is -0.152. The van der Waals surface area contributed by atoms with Crippen LogP contribution in [-0.4, -0.2) is 58.4 Å². The van der Waals surface area contributed by atoms with E-state index in [0.29, 0.717) is 46.7 Å². The number of amides is 1. The molecule has 2 unspecified atom stereocenters. The number of aliphatic carboxylic acids is 1. The number of rotatable bonds is 8. The van der Waals surface area contributed by atoms with Gasteiger partial charge in [0.25, 0.3) is 5.91 Å². The second-order valence-electron chi connectivity index (χ2n) is 9.47. The summed E-state index contributed by atoms with van der Waals surface area (Å²) >= 11 is 6.61. The molecule has 6 nitrogen and oxygen atoms in total. The molecule has 0 fully saturated rings. The summed E-state index contributed by atoms with van der Waals surface area (Å²) < 4.78 is 5.95. The molecule has 1 aromatic heterocycles. The zero-order valence-corrected chi connectivity index (χ0v) is 24.0. The number of benzene rings is 1. The van der Waals surface area contributed by atoms with Crippen molar-refractivity contribution < 1.29 is 24.2 Å². The molecule has 0 saturated heterocycles. The van der Waals surface area contributed by atoms with E-state index in [1.54, 1.807) is 47.2 Å². The van der Waals surface area contributed by atoms with Crippen LogP contribution >= 0.6 is 39.0 Å². The van der Waals surface area contributed by atoms with Crippen LogP contribution < -0.4 is 4.74 Å². The van der Waals surface area contributed by atoms with Crippen LogP contribution in [-0.2, 0) is 20.8 Å². The number of Topliss-reactive ketones (excluding diaryl/α,β-unsaturated/α-hetero) is 1. The van der Waals surface area contributed by atoms with Gasteiger partial charge in [-0.2, -0.15) is 0 Å². The zero-order valence-electron chi connectivity index (χ0n) is 20.8. The van der Waals surface area contributed by atoms with Gasteiger partial charge < -0.3 is 14.7 Å². The van der Waals surface area contributed by atoms with E-state index in [1.165, 1.54) is 0 Å². The summed E-state index contributed by atoms with van der Waals surface area (Å²) in [5.74, 6) is 3.70. The summed E-state index contributed by atoms with van der Waals surface area (Å²) in [6.07, 6.45) is 0.797. The molecule has 1 N–H and O–H groups in total. The Morgan fingerprint density at radius 3 is 2.67 bits per heavy atom. The summed E-state index contributed by atoms with van der Waals surface area (Å²) in [5.41, 5.74) is 0.791. The highest BCUT2D eigenvalue weighted by atomic mass is 79.9. The number of thioether (sulfide) groups is 1. The van der Waals surface area contributed by atoms with Crippen molar-refractivity contribution in [3.8, 4) is 17.6 Å². The van der Waals surface area contributed by atoms with Crippen molar-refractivity contribution in [3.63, 3.8) is 0 Å². The fraction of sp³-hybridized carbons (Fsp3) is 0.444. The van der Waals surface area contributed by atoms with Crippen LogP contribution in [0.4, 0.5) is 0 Å². The number of halogens is 1. The fourth-order valence-corrected chi connectivity index (χ4v) is 6.09. The highest BCUT2D eigenvalue weighted by Crippen LogP contribution is 2.41. The maximum atomic E-state index is 13.5. The van der Waals surface area contributed by atoms with Gasteiger partial charge in [-0.3, -0.25) is 14.4 Å². The summed E-state index contributed by atoms with van der Waals surface area (Å²) in [6, 6.07) is 7.43. The number of aryl methyl sites for hydroxylation is 1. The molecular formula is C27H30BrNO5S2. The number of ketones is 1. The molecule has 0 bridgehead atoms. The van der Waals surface area contributed by atoms with Crippen LogP contribution in [0.5, 0.6) is 5.75 Å². The molecule has 1 aliphatic rings. The van der Waals surface area contributed by atoms with Gasteiger partial charge in [-0.05, 0) is 84.2 Å². The fourth-order valence-electron chi connectivity index (χ4n) is 4.34. The Bertz CT molecular complexity index is 1180. The van der Waals surface area contributed by atoms with Gasteiger partial charge in [-0.15, -0.1) is 23.1 Å². The van der Waals surface area contributed by atoms with Gasteiger partial charge in [0.2, 0.25) is 5.78 Å². The number of carbonyl (C=O) groups is 3. The minimum atomic E-state index is -1.11. The van der Waals surface area contributed by atoms with Crippen LogP contribution in [0.1, 0.15) is 49.1 Å². The molecule has 0 spiro atoms. The minimum Gasteiger partial charge on any atom is -0.496 e. The molecule has 0 aliphatic heterocycles. The predicted octanol–water partition coefficient (Wildman–Crippen LogP) is 5.23. The van der Waals surface area contributed by atoms with Crippen molar-refractivity contribution in [3.05, 3.63) is 50.1 Å². The molecule has 2 aromatic rings. The van der Waals surface area contributed by atoms with Crippen molar-refractivity contribution in [1.29, 1.82) is 0 Å². The van der Waals surface area contributed by atoms with E-state index in [-0.39, 0.29) is 0 Å². The number of hydrogen-bond donors (Lipinski definition) is 1. The van der Waals surface area contributed by atoms with E-state index in [4.69, 9.17) is 4.74 Å². The average molecular weight is 593 g/mol. The molecule has 9 heteroatoms. The van der Waals surface area contributed by atoms with Gasteiger partial charge in [0.1, 0.15) is 5.75 Å². The van der Waals surface area contributed by atoms with Crippen LogP contribution in [0.25, 0.3) is 0 Å². The minimum absolute atomic E-state index is 0.296. The van der Waals surface area contributed by atoms with Crippen LogP contribution in [0.3, 0.4) is 0 Å². The number of methoxy groups -OCH3 is 1. The first-order valence-electron chi connectivity index (χ1n) is 11.6. The molecule has 1 aliphatic carbocycles. The maximum absolute atomic E-state index is 13.5. The number of carbonyl (C=O) groups excluding carboxylic acids is 2. The van der Waals surface area contributed by atoms with Crippen molar-refractivity contribution in [2.24, 2.45) is 5.92 Å². The third-order valence-electron chi connectivity index (χ3n) is 6.11. The lowest BCUT2D eigenvalue weighted by Gasteiger charge is -2.37. The largest absolute Gasteiger partial charge is 0.496 e. The topological polar surface area (TPSA) is 83.9 Å².